The van der Waals surface area contributed by atoms with Gasteiger partial charge in [0.1, 0.15) is 23.5 Å². The number of carbonyl (C=O) groups excluding carboxylic acids is 7. The Kier molecular flexibility index (Phi) is 25.6. The molecule has 6 amide bonds. The minimum Gasteiger partial charge on any atom is -0.379 e. The van der Waals surface area contributed by atoms with Gasteiger partial charge in [-0.1, -0.05) is 71.9 Å². The van der Waals surface area contributed by atoms with Gasteiger partial charge < -0.3 is 50.1 Å². The molecular weight excluding hydrogens is 1030 g/mol. The van der Waals surface area contributed by atoms with Gasteiger partial charge in [-0.3, -0.25) is 38.5 Å². The Morgan fingerprint density at radius 3 is 2.04 bits per heavy atom. The van der Waals surface area contributed by atoms with E-state index in [1.165, 1.54) is 6.07 Å². The molecule has 1 aromatic heterocycles. The van der Waals surface area contributed by atoms with Gasteiger partial charge in [0.25, 0.3) is 5.91 Å². The number of nitrogens with one attached hydrogen (secondary N) is 3. The van der Waals surface area contributed by atoms with Crippen molar-refractivity contribution in [3.05, 3.63) is 114 Å². The molecule has 1 aliphatic heterocycles. The number of ether oxygens (including phenoxy) is 4. The van der Waals surface area contributed by atoms with Crippen LogP contribution in [0.15, 0.2) is 85.1 Å². The standard InChI is InChI=1S/C60H81F2N7O11/c1-40(2)49(37-48(70)21-26-77-28-30-79-32-33-80-31-29-78-27-23-64-53(71)20-25-68-54(72)34-41(3)58(68)75)57(74)65-42(4)56(73)66-47-17-14-44(15-18-47)59(76)69(24-11-22-63)55(60(5,6)7)52-35-45(50-36-46(61)16-19-51(50)62)39-67(52)38-43-12-9-8-10-13-43/h8-10,12-19,35-36,39-42,49,55H,11,20-34,37-38,63H2,1-7H3,(H,64,71)(H,65,74)(H,66,73)/t41?,42-,49-,55-/m0/s1. The molecule has 1 saturated heterocycles. The summed E-state index contributed by atoms with van der Waals surface area (Å²) >= 11 is 0. The number of nitrogens with two attached hydrogens (primary N) is 1. The highest BCUT2D eigenvalue weighted by Gasteiger charge is 2.38. The van der Waals surface area contributed by atoms with Gasteiger partial charge in [0.05, 0.1) is 58.9 Å². The molecular formula is C60H81F2N7O11. The number of anilines is 1. The minimum absolute atomic E-state index is 0.0303. The summed E-state index contributed by atoms with van der Waals surface area (Å²) in [5.74, 6) is -4.52. The molecule has 1 fully saturated rings. The Morgan fingerprint density at radius 1 is 0.800 bits per heavy atom. The number of carbonyl (C=O) groups is 7. The van der Waals surface area contributed by atoms with Crippen LogP contribution in [0.1, 0.15) is 108 Å². The highest BCUT2D eigenvalue weighted by atomic mass is 19.1. The molecule has 0 bridgehead atoms. The van der Waals surface area contributed by atoms with E-state index < -0.39 is 46.9 Å². The number of benzene rings is 3. The number of hydrogen-bond acceptors (Lipinski definition) is 12. The SMILES string of the molecule is CC1CC(=O)N(CCC(=O)NCCOCCOCCOCCOCCC(=O)C[C@H](C(=O)N[C@@H](C)C(=O)Nc2ccc(C(=O)N(CCCN)[C@@H](c3cc(-c4cc(F)ccc4F)cn3Cc3ccccc3)C(C)(C)C)cc2)C(C)C)C1=O. The van der Waals surface area contributed by atoms with Crippen LogP contribution in [0, 0.1) is 34.8 Å². The lowest BCUT2D eigenvalue weighted by molar-refractivity contribution is -0.139. The highest BCUT2D eigenvalue weighted by Crippen LogP contribution is 2.42. The van der Waals surface area contributed by atoms with Crippen LogP contribution >= 0.6 is 0 Å². The zero-order chi connectivity index (χ0) is 58.4. The molecule has 80 heavy (non-hydrogen) atoms. The summed E-state index contributed by atoms with van der Waals surface area (Å²) in [6.07, 6.45) is 2.57. The monoisotopic (exact) mass is 1110 g/mol. The molecule has 5 N–H and O–H groups in total. The van der Waals surface area contributed by atoms with Gasteiger partial charge in [-0.25, -0.2) is 8.78 Å². The van der Waals surface area contributed by atoms with Crippen molar-refractivity contribution in [2.45, 2.75) is 99.2 Å². The lowest BCUT2D eigenvalue weighted by Crippen LogP contribution is -2.45. The molecule has 436 valence electrons. The Morgan fingerprint density at radius 2 is 1.44 bits per heavy atom. The van der Waals surface area contributed by atoms with Crippen LogP contribution in [0.4, 0.5) is 14.5 Å². The molecule has 5 rings (SSSR count). The normalized spacial score (nSPS) is 14.7. The molecule has 1 unspecified atom stereocenters. The highest BCUT2D eigenvalue weighted by molar-refractivity contribution is 6.03. The first-order valence-corrected chi connectivity index (χ1v) is 27.5. The van der Waals surface area contributed by atoms with E-state index >= 15 is 4.39 Å². The van der Waals surface area contributed by atoms with Crippen LogP contribution < -0.4 is 21.7 Å². The van der Waals surface area contributed by atoms with Gasteiger partial charge in [0.15, 0.2) is 0 Å². The van der Waals surface area contributed by atoms with E-state index in [1.54, 1.807) is 49.2 Å². The minimum atomic E-state index is -0.962. The maximum atomic E-state index is 15.3. The molecule has 0 aliphatic carbocycles. The van der Waals surface area contributed by atoms with Crippen molar-refractivity contribution < 1.29 is 61.3 Å². The number of nitrogens with zero attached hydrogens (tertiary/aromatic N) is 3. The lowest BCUT2D eigenvalue weighted by atomic mass is 9.82. The van der Waals surface area contributed by atoms with Gasteiger partial charge in [0, 0.05) is 98.0 Å². The number of ketones is 1. The number of halogens is 2. The first-order valence-electron chi connectivity index (χ1n) is 27.5. The summed E-state index contributed by atoms with van der Waals surface area (Å²) in [4.78, 5) is 93.3. The molecule has 20 heteroatoms. The quantitative estimate of drug-likeness (QED) is 0.0271. The second kappa shape index (κ2) is 31.9. The van der Waals surface area contributed by atoms with E-state index in [4.69, 9.17) is 24.7 Å². The fourth-order valence-corrected chi connectivity index (χ4v) is 9.29. The number of rotatable bonds is 34. The van der Waals surface area contributed by atoms with Crippen LogP contribution in [0.2, 0.25) is 0 Å². The second-order valence-corrected chi connectivity index (χ2v) is 21.5. The fourth-order valence-electron chi connectivity index (χ4n) is 9.29. The smallest absolute Gasteiger partial charge is 0.254 e. The average Bonchev–Trinajstić information content (AvgIpc) is 3.93. The molecule has 4 atom stereocenters. The van der Waals surface area contributed by atoms with E-state index in [0.717, 1.165) is 28.3 Å². The Bertz CT molecular complexity index is 2680. The maximum absolute atomic E-state index is 15.3. The molecule has 0 spiro atoms. The van der Waals surface area contributed by atoms with Crippen LogP contribution in [-0.4, -0.2) is 141 Å². The van der Waals surface area contributed by atoms with Gasteiger partial charge in [0.2, 0.25) is 29.5 Å². The molecule has 18 nitrogen and oxygen atoms in total. The molecule has 3 aromatic carbocycles. The summed E-state index contributed by atoms with van der Waals surface area (Å²) in [6.45, 7) is 16.6. The maximum Gasteiger partial charge on any atom is 0.254 e. The number of imide groups is 1. The molecule has 4 aromatic rings. The number of hydrogen-bond donors (Lipinski definition) is 4. The topological polar surface area (TPSA) is 230 Å². The van der Waals surface area contributed by atoms with Gasteiger partial charge in [-0.15, -0.1) is 0 Å². The van der Waals surface area contributed by atoms with E-state index in [-0.39, 0.29) is 112 Å². The molecule has 0 saturated carbocycles. The Balaban J connectivity index is 1.03. The first-order chi connectivity index (χ1) is 38.2. The number of amides is 6. The zero-order valence-electron chi connectivity index (χ0n) is 47.4. The van der Waals surface area contributed by atoms with Crippen LogP contribution in [0.25, 0.3) is 11.1 Å². The van der Waals surface area contributed by atoms with Crippen molar-refractivity contribution in [2.24, 2.45) is 28.9 Å². The Hall–Kier alpha value is -6.71. The van der Waals surface area contributed by atoms with E-state index in [9.17, 15) is 38.0 Å². The third-order valence-corrected chi connectivity index (χ3v) is 13.6. The Labute approximate surface area is 468 Å². The van der Waals surface area contributed by atoms with Crippen molar-refractivity contribution in [3.8, 4) is 11.1 Å². The van der Waals surface area contributed by atoms with Crippen molar-refractivity contribution in [2.75, 3.05) is 84.4 Å². The number of aromatic nitrogens is 1. The van der Waals surface area contributed by atoms with Gasteiger partial charge in [-0.2, -0.15) is 0 Å². The van der Waals surface area contributed by atoms with E-state index in [1.807, 2.05) is 75.6 Å². The molecule has 1 aliphatic rings. The summed E-state index contributed by atoms with van der Waals surface area (Å²) in [5, 5.41) is 8.27. The predicted octanol–water partition coefficient (Wildman–Crippen LogP) is 7.09. The first kappa shape index (κ1) is 64.1. The van der Waals surface area contributed by atoms with Crippen molar-refractivity contribution >= 4 is 46.9 Å². The van der Waals surface area contributed by atoms with Crippen molar-refractivity contribution in [3.63, 3.8) is 0 Å². The average molecular weight is 1110 g/mol. The summed E-state index contributed by atoms with van der Waals surface area (Å²) in [7, 11) is 0. The second-order valence-electron chi connectivity index (χ2n) is 21.5. The van der Waals surface area contributed by atoms with Crippen LogP contribution in [-0.2, 0) is 54.3 Å². The van der Waals surface area contributed by atoms with Gasteiger partial charge in [-0.05, 0) is 85.3 Å². The summed E-state index contributed by atoms with van der Waals surface area (Å²) < 4.78 is 53.8. The van der Waals surface area contributed by atoms with Crippen LogP contribution in [0.3, 0.4) is 0 Å². The predicted molar refractivity (Wildman–Crippen MR) is 299 cm³/mol. The zero-order valence-corrected chi connectivity index (χ0v) is 47.4. The van der Waals surface area contributed by atoms with Gasteiger partial charge >= 0.3 is 0 Å². The third kappa shape index (κ3) is 19.8. The van der Waals surface area contributed by atoms with Crippen LogP contribution in [0.5, 0.6) is 0 Å². The molecule has 0 radical (unpaired) electrons. The van der Waals surface area contributed by atoms with Crippen molar-refractivity contribution in [1.82, 2.24) is 25.0 Å². The number of likely N-dealkylation sites (tertiary alicyclic amines) is 1. The fraction of sp³-hybridized carbons (Fsp3) is 0.517. The van der Waals surface area contributed by atoms with E-state index in [0.29, 0.717) is 69.3 Å². The summed E-state index contributed by atoms with van der Waals surface area (Å²) in [6, 6.07) is 19.8. The van der Waals surface area contributed by atoms with Crippen molar-refractivity contribution in [1.29, 1.82) is 0 Å². The van der Waals surface area contributed by atoms with E-state index in [2.05, 4.69) is 16.0 Å². The lowest BCUT2D eigenvalue weighted by Gasteiger charge is -2.41. The largest absolute Gasteiger partial charge is 0.379 e. The third-order valence-electron chi connectivity index (χ3n) is 13.6. The summed E-state index contributed by atoms with van der Waals surface area (Å²) in [5.41, 5.74) is 8.48. The number of Topliss-reactive ketones (excluding diaryl/α,β-unsaturated/α-hetero) is 1. The molecule has 2 heterocycles.